The molecular formula is C23H24N2O. The molecule has 2 aliphatic rings. The van der Waals surface area contributed by atoms with Crippen molar-refractivity contribution < 1.29 is 4.84 Å². The Morgan fingerprint density at radius 3 is 2.35 bits per heavy atom. The van der Waals surface area contributed by atoms with Crippen LogP contribution in [0.5, 0.6) is 0 Å². The molecular weight excluding hydrogens is 320 g/mol. The molecule has 3 heteroatoms. The van der Waals surface area contributed by atoms with Crippen LogP contribution in [0.3, 0.4) is 0 Å². The summed E-state index contributed by atoms with van der Waals surface area (Å²) in [5.74, 6) is 0. The highest BCUT2D eigenvalue weighted by Gasteiger charge is 2.36. The van der Waals surface area contributed by atoms with Crippen LogP contribution in [0, 0.1) is 0 Å². The molecule has 0 spiro atoms. The van der Waals surface area contributed by atoms with Crippen LogP contribution in [0.15, 0.2) is 66.7 Å². The van der Waals surface area contributed by atoms with E-state index >= 15 is 0 Å². The summed E-state index contributed by atoms with van der Waals surface area (Å²) < 4.78 is 2.45. The fourth-order valence-electron chi connectivity index (χ4n) is 4.51. The summed E-state index contributed by atoms with van der Waals surface area (Å²) in [5, 5.41) is 2.10. The Morgan fingerprint density at radius 2 is 1.58 bits per heavy atom. The van der Waals surface area contributed by atoms with Crippen molar-refractivity contribution in [3.05, 3.63) is 89.2 Å². The summed E-state index contributed by atoms with van der Waals surface area (Å²) in [7, 11) is 0. The number of anilines is 1. The van der Waals surface area contributed by atoms with E-state index < -0.39 is 0 Å². The maximum atomic E-state index is 6.49. The number of benzene rings is 2. The molecule has 5 rings (SSSR count). The monoisotopic (exact) mass is 344 g/mol. The summed E-state index contributed by atoms with van der Waals surface area (Å²) in [6.45, 7) is 2.16. The molecule has 0 saturated heterocycles. The van der Waals surface area contributed by atoms with Crippen molar-refractivity contribution in [1.29, 1.82) is 0 Å². The van der Waals surface area contributed by atoms with Gasteiger partial charge in [-0.1, -0.05) is 48.5 Å². The Bertz CT molecular complexity index is 901. The van der Waals surface area contributed by atoms with Crippen LogP contribution in [0.4, 0.5) is 5.69 Å². The molecule has 2 aromatic carbocycles. The molecule has 1 aromatic heterocycles. The number of aryl methyl sites for hydroxylation is 1. The molecule has 0 N–H and O–H groups in total. The average Bonchev–Trinajstić information content (AvgIpc) is 3.09. The van der Waals surface area contributed by atoms with Gasteiger partial charge < -0.3 is 4.57 Å². The van der Waals surface area contributed by atoms with E-state index in [2.05, 4.69) is 83.3 Å². The molecule has 0 radical (unpaired) electrons. The SMILES string of the molecule is C[C@H]1ON(c2ccccc2)[C@H](c2ccccc2)c2cc3c(n21)CCCC3. The molecule has 0 unspecified atom stereocenters. The lowest BCUT2D eigenvalue weighted by Gasteiger charge is -2.41. The van der Waals surface area contributed by atoms with Crippen LogP contribution in [0.1, 0.15) is 54.5 Å². The van der Waals surface area contributed by atoms with Crippen LogP contribution in [0.2, 0.25) is 0 Å². The Labute approximate surface area is 154 Å². The normalized spacial score (nSPS) is 22.0. The fraction of sp³-hybridized carbons (Fsp3) is 0.304. The lowest BCUT2D eigenvalue weighted by atomic mass is 9.97. The first-order valence-corrected chi connectivity index (χ1v) is 9.62. The number of hydroxylamine groups is 1. The summed E-state index contributed by atoms with van der Waals surface area (Å²) in [6.07, 6.45) is 4.93. The Morgan fingerprint density at radius 1 is 0.885 bits per heavy atom. The Balaban J connectivity index is 1.70. The number of fused-ring (bicyclic) bond motifs is 3. The highest BCUT2D eigenvalue weighted by molar-refractivity contribution is 5.51. The van der Waals surface area contributed by atoms with E-state index in [1.165, 1.54) is 41.8 Å². The van der Waals surface area contributed by atoms with Crippen LogP contribution in [-0.2, 0) is 17.7 Å². The number of aromatic nitrogens is 1. The number of hydrogen-bond donors (Lipinski definition) is 0. The summed E-state index contributed by atoms with van der Waals surface area (Å²) >= 11 is 0. The van der Waals surface area contributed by atoms with Crippen LogP contribution < -0.4 is 5.06 Å². The third kappa shape index (κ3) is 2.46. The maximum absolute atomic E-state index is 6.49. The summed E-state index contributed by atoms with van der Waals surface area (Å²) in [4.78, 5) is 6.49. The molecule has 0 bridgehead atoms. The number of hydrogen-bond acceptors (Lipinski definition) is 2. The van der Waals surface area contributed by atoms with Gasteiger partial charge in [-0.2, -0.15) is 0 Å². The Kier molecular flexibility index (Phi) is 3.83. The minimum absolute atomic E-state index is 0.00650. The van der Waals surface area contributed by atoms with Crippen LogP contribution in [0.25, 0.3) is 0 Å². The van der Waals surface area contributed by atoms with Gasteiger partial charge in [0.2, 0.25) is 0 Å². The van der Waals surface area contributed by atoms with E-state index in [-0.39, 0.29) is 12.3 Å². The third-order valence-corrected chi connectivity index (χ3v) is 5.64. The first kappa shape index (κ1) is 15.7. The molecule has 2 heterocycles. The largest absolute Gasteiger partial charge is 0.318 e. The lowest BCUT2D eigenvalue weighted by molar-refractivity contribution is -0.0365. The van der Waals surface area contributed by atoms with Crippen molar-refractivity contribution in [1.82, 2.24) is 4.57 Å². The molecule has 0 saturated carbocycles. The van der Waals surface area contributed by atoms with E-state index in [1.54, 1.807) is 0 Å². The minimum atomic E-state index is 0.00650. The van der Waals surface area contributed by atoms with Crippen molar-refractivity contribution in [3.8, 4) is 0 Å². The van der Waals surface area contributed by atoms with E-state index in [0.717, 1.165) is 12.1 Å². The first-order chi connectivity index (χ1) is 12.8. The van der Waals surface area contributed by atoms with Gasteiger partial charge in [-0.3, -0.25) is 0 Å². The smallest absolute Gasteiger partial charge is 0.158 e. The van der Waals surface area contributed by atoms with Gasteiger partial charge >= 0.3 is 0 Å². The van der Waals surface area contributed by atoms with Crippen molar-refractivity contribution >= 4 is 5.69 Å². The van der Waals surface area contributed by atoms with E-state index in [1.807, 2.05) is 0 Å². The summed E-state index contributed by atoms with van der Waals surface area (Å²) in [6, 6.07) is 23.7. The lowest BCUT2D eigenvalue weighted by Crippen LogP contribution is -2.39. The van der Waals surface area contributed by atoms with E-state index in [0.29, 0.717) is 0 Å². The molecule has 1 aliphatic heterocycles. The van der Waals surface area contributed by atoms with Gasteiger partial charge in [0.25, 0.3) is 0 Å². The van der Waals surface area contributed by atoms with Crippen LogP contribution >= 0.6 is 0 Å². The Hall–Kier alpha value is -2.52. The predicted octanol–water partition coefficient (Wildman–Crippen LogP) is 5.43. The van der Waals surface area contributed by atoms with Crippen molar-refractivity contribution in [2.45, 2.75) is 44.9 Å². The zero-order valence-corrected chi connectivity index (χ0v) is 15.1. The summed E-state index contributed by atoms with van der Waals surface area (Å²) in [5.41, 5.74) is 6.70. The zero-order chi connectivity index (χ0) is 17.5. The number of nitrogens with zero attached hydrogens (tertiary/aromatic N) is 2. The number of rotatable bonds is 2. The van der Waals surface area contributed by atoms with Crippen molar-refractivity contribution in [3.63, 3.8) is 0 Å². The van der Waals surface area contributed by atoms with Gasteiger partial charge in [0.05, 0.1) is 11.4 Å². The van der Waals surface area contributed by atoms with Crippen molar-refractivity contribution in [2.24, 2.45) is 0 Å². The van der Waals surface area contributed by atoms with Gasteiger partial charge in [-0.15, -0.1) is 0 Å². The molecule has 3 nitrogen and oxygen atoms in total. The van der Waals surface area contributed by atoms with Gasteiger partial charge in [0.15, 0.2) is 6.23 Å². The quantitative estimate of drug-likeness (QED) is 0.617. The predicted molar refractivity (Wildman–Crippen MR) is 104 cm³/mol. The molecule has 1 aliphatic carbocycles. The highest BCUT2D eigenvalue weighted by atomic mass is 16.7. The van der Waals surface area contributed by atoms with Crippen LogP contribution in [-0.4, -0.2) is 4.57 Å². The molecule has 132 valence electrons. The maximum Gasteiger partial charge on any atom is 0.158 e. The second-order valence-electron chi connectivity index (χ2n) is 7.30. The minimum Gasteiger partial charge on any atom is -0.318 e. The standard InChI is InChI=1S/C23H24N2O/c1-17-24-21-15-9-8-12-19(21)16-22(24)23(18-10-4-2-5-11-18)25(26-17)20-13-6-3-7-14-20/h2-7,10-11,13-14,16-17,23H,8-9,12,15H2,1H3/t17-,23-/m1/s1. The second-order valence-corrected chi connectivity index (χ2v) is 7.30. The molecule has 0 amide bonds. The molecule has 3 aromatic rings. The van der Waals surface area contributed by atoms with E-state index in [4.69, 9.17) is 4.84 Å². The zero-order valence-electron chi connectivity index (χ0n) is 15.1. The van der Waals surface area contributed by atoms with Gasteiger partial charge in [0, 0.05) is 5.69 Å². The van der Waals surface area contributed by atoms with Gasteiger partial charge in [-0.05, 0) is 61.9 Å². The first-order valence-electron chi connectivity index (χ1n) is 9.62. The second kappa shape index (κ2) is 6.33. The molecule has 2 atom stereocenters. The average molecular weight is 344 g/mol. The van der Waals surface area contributed by atoms with Gasteiger partial charge in [0.1, 0.15) is 6.04 Å². The third-order valence-electron chi connectivity index (χ3n) is 5.64. The highest BCUT2D eigenvalue weighted by Crippen LogP contribution is 2.43. The molecule has 0 fully saturated rings. The van der Waals surface area contributed by atoms with Crippen molar-refractivity contribution in [2.75, 3.05) is 5.06 Å². The topological polar surface area (TPSA) is 17.4 Å². The van der Waals surface area contributed by atoms with E-state index in [9.17, 15) is 0 Å². The van der Waals surface area contributed by atoms with Gasteiger partial charge in [-0.25, -0.2) is 9.90 Å². The molecule has 26 heavy (non-hydrogen) atoms. The fourth-order valence-corrected chi connectivity index (χ4v) is 4.51. The number of para-hydroxylation sites is 1.